The molecule has 0 bridgehead atoms. The number of amides is 1. The summed E-state index contributed by atoms with van der Waals surface area (Å²) in [6.07, 6.45) is 2.05. The first-order chi connectivity index (χ1) is 9.06. The minimum absolute atomic E-state index is 0.00146. The summed E-state index contributed by atoms with van der Waals surface area (Å²) in [5, 5.41) is 14.3. The Morgan fingerprint density at radius 3 is 2.89 bits per heavy atom. The molecule has 0 aliphatic rings. The van der Waals surface area contributed by atoms with Gasteiger partial charge in [0.25, 0.3) is 5.91 Å². The average Bonchev–Trinajstić information content (AvgIpc) is 2.39. The molecule has 0 saturated heterocycles. The van der Waals surface area contributed by atoms with E-state index in [1.54, 1.807) is 6.07 Å². The lowest BCUT2D eigenvalue weighted by molar-refractivity contribution is -0.117. The summed E-state index contributed by atoms with van der Waals surface area (Å²) in [6, 6.07) is 7.58. The van der Waals surface area contributed by atoms with Gasteiger partial charge in [-0.1, -0.05) is 13.0 Å². The summed E-state index contributed by atoms with van der Waals surface area (Å²) in [6.45, 7) is 3.79. The predicted molar refractivity (Wildman–Crippen MR) is 71.6 cm³/mol. The smallest absolute Gasteiger partial charge is 0.263 e. The van der Waals surface area contributed by atoms with E-state index in [-0.39, 0.29) is 17.4 Å². The van der Waals surface area contributed by atoms with Crippen molar-refractivity contribution < 1.29 is 9.18 Å². The standard InChI is InChI=1S/C14H16FN3O/c1-3-10(2)18-14(19)11(8-16)9-17-13-6-4-5-12(15)7-13/h4-7,9-10,17H,3H2,1-2H3,(H,18,19)/b11-9-. The summed E-state index contributed by atoms with van der Waals surface area (Å²) in [5.41, 5.74) is 0.425. The molecule has 0 aromatic heterocycles. The van der Waals surface area contributed by atoms with Crippen LogP contribution >= 0.6 is 0 Å². The lowest BCUT2D eigenvalue weighted by atomic mass is 10.2. The van der Waals surface area contributed by atoms with Gasteiger partial charge in [-0.25, -0.2) is 4.39 Å². The molecule has 1 rings (SSSR count). The molecule has 1 aromatic carbocycles. The van der Waals surface area contributed by atoms with E-state index >= 15 is 0 Å². The minimum atomic E-state index is -0.444. The van der Waals surface area contributed by atoms with Crippen LogP contribution in [0.25, 0.3) is 0 Å². The van der Waals surface area contributed by atoms with Gasteiger partial charge in [-0.2, -0.15) is 5.26 Å². The Morgan fingerprint density at radius 2 is 2.32 bits per heavy atom. The zero-order valence-corrected chi connectivity index (χ0v) is 10.9. The number of nitrogens with zero attached hydrogens (tertiary/aromatic N) is 1. The highest BCUT2D eigenvalue weighted by Crippen LogP contribution is 2.09. The van der Waals surface area contributed by atoms with E-state index in [0.29, 0.717) is 5.69 Å². The first-order valence-electron chi connectivity index (χ1n) is 6.00. The number of anilines is 1. The van der Waals surface area contributed by atoms with Crippen LogP contribution in [0.15, 0.2) is 36.0 Å². The van der Waals surface area contributed by atoms with Crippen molar-refractivity contribution in [2.45, 2.75) is 26.3 Å². The van der Waals surface area contributed by atoms with Crippen LogP contribution in [0.1, 0.15) is 20.3 Å². The third kappa shape index (κ3) is 4.80. The van der Waals surface area contributed by atoms with Gasteiger partial charge in [-0.15, -0.1) is 0 Å². The van der Waals surface area contributed by atoms with Crippen molar-refractivity contribution in [3.63, 3.8) is 0 Å². The molecule has 0 saturated carbocycles. The molecular weight excluding hydrogens is 245 g/mol. The van der Waals surface area contributed by atoms with Gasteiger partial charge in [0, 0.05) is 17.9 Å². The van der Waals surface area contributed by atoms with Crippen molar-refractivity contribution in [1.82, 2.24) is 5.32 Å². The van der Waals surface area contributed by atoms with Crippen LogP contribution in [0.3, 0.4) is 0 Å². The van der Waals surface area contributed by atoms with E-state index < -0.39 is 5.91 Å². The van der Waals surface area contributed by atoms with Crippen LogP contribution < -0.4 is 10.6 Å². The van der Waals surface area contributed by atoms with Crippen molar-refractivity contribution in [1.29, 1.82) is 5.26 Å². The summed E-state index contributed by atoms with van der Waals surface area (Å²) in [4.78, 5) is 11.7. The molecule has 2 N–H and O–H groups in total. The van der Waals surface area contributed by atoms with Gasteiger partial charge in [0.05, 0.1) is 0 Å². The van der Waals surface area contributed by atoms with Gasteiger partial charge >= 0.3 is 0 Å². The zero-order valence-electron chi connectivity index (χ0n) is 10.9. The maximum atomic E-state index is 12.9. The van der Waals surface area contributed by atoms with E-state index in [0.717, 1.165) is 6.42 Å². The number of carbonyl (C=O) groups is 1. The lowest BCUT2D eigenvalue weighted by Crippen LogP contribution is -2.33. The Kier molecular flexibility index (Phi) is 5.55. The van der Waals surface area contributed by atoms with Crippen molar-refractivity contribution in [3.8, 4) is 6.07 Å². The zero-order chi connectivity index (χ0) is 14.3. The number of hydrogen-bond donors (Lipinski definition) is 2. The van der Waals surface area contributed by atoms with Gasteiger partial charge < -0.3 is 10.6 Å². The fourth-order valence-corrected chi connectivity index (χ4v) is 1.29. The van der Waals surface area contributed by atoms with Gasteiger partial charge in [0.15, 0.2) is 0 Å². The molecule has 0 spiro atoms. The summed E-state index contributed by atoms with van der Waals surface area (Å²) < 4.78 is 12.9. The molecule has 0 radical (unpaired) electrons. The molecule has 1 amide bonds. The van der Waals surface area contributed by atoms with E-state index in [1.165, 1.54) is 24.4 Å². The van der Waals surface area contributed by atoms with Crippen molar-refractivity contribution in [2.24, 2.45) is 0 Å². The van der Waals surface area contributed by atoms with Gasteiger partial charge in [-0.3, -0.25) is 4.79 Å². The molecule has 4 nitrogen and oxygen atoms in total. The maximum absolute atomic E-state index is 12.9. The Bertz CT molecular complexity index is 520. The quantitative estimate of drug-likeness (QED) is 0.632. The number of carbonyl (C=O) groups excluding carboxylic acids is 1. The monoisotopic (exact) mass is 261 g/mol. The first-order valence-corrected chi connectivity index (χ1v) is 6.00. The van der Waals surface area contributed by atoms with Crippen molar-refractivity contribution in [2.75, 3.05) is 5.32 Å². The normalized spacial score (nSPS) is 12.4. The van der Waals surface area contributed by atoms with Gasteiger partial charge in [0.2, 0.25) is 0 Å². The molecule has 100 valence electrons. The number of nitriles is 1. The molecule has 0 aliphatic heterocycles. The van der Waals surface area contributed by atoms with Crippen LogP contribution in [0.2, 0.25) is 0 Å². The molecule has 1 unspecified atom stereocenters. The summed E-state index contributed by atoms with van der Waals surface area (Å²) in [7, 11) is 0. The highest BCUT2D eigenvalue weighted by atomic mass is 19.1. The third-order valence-corrected chi connectivity index (χ3v) is 2.56. The van der Waals surface area contributed by atoms with Crippen LogP contribution in [-0.4, -0.2) is 11.9 Å². The maximum Gasteiger partial charge on any atom is 0.263 e. The van der Waals surface area contributed by atoms with E-state index in [9.17, 15) is 9.18 Å². The Labute approximate surface area is 111 Å². The van der Waals surface area contributed by atoms with Crippen LogP contribution in [-0.2, 0) is 4.79 Å². The number of nitrogens with one attached hydrogen (secondary N) is 2. The topological polar surface area (TPSA) is 64.9 Å². The van der Waals surface area contributed by atoms with E-state index in [2.05, 4.69) is 10.6 Å². The molecule has 0 heterocycles. The summed E-state index contributed by atoms with van der Waals surface area (Å²) in [5.74, 6) is -0.832. The van der Waals surface area contributed by atoms with Crippen LogP contribution in [0, 0.1) is 17.1 Å². The average molecular weight is 261 g/mol. The van der Waals surface area contributed by atoms with Crippen molar-refractivity contribution in [3.05, 3.63) is 41.9 Å². The fourth-order valence-electron chi connectivity index (χ4n) is 1.29. The number of hydrogen-bond acceptors (Lipinski definition) is 3. The highest BCUT2D eigenvalue weighted by Gasteiger charge is 2.10. The Morgan fingerprint density at radius 1 is 1.58 bits per heavy atom. The largest absolute Gasteiger partial charge is 0.360 e. The SMILES string of the molecule is CCC(C)NC(=O)/C(C#N)=C\Nc1cccc(F)c1. The fraction of sp³-hybridized carbons (Fsp3) is 0.286. The van der Waals surface area contributed by atoms with Crippen LogP contribution in [0.5, 0.6) is 0 Å². The third-order valence-electron chi connectivity index (χ3n) is 2.56. The van der Waals surface area contributed by atoms with E-state index in [1.807, 2.05) is 19.9 Å². The van der Waals surface area contributed by atoms with Gasteiger partial charge in [-0.05, 0) is 31.5 Å². The molecule has 1 atom stereocenters. The molecule has 5 heteroatoms. The lowest BCUT2D eigenvalue weighted by Gasteiger charge is -2.10. The minimum Gasteiger partial charge on any atom is -0.360 e. The van der Waals surface area contributed by atoms with Crippen LogP contribution in [0.4, 0.5) is 10.1 Å². The number of benzene rings is 1. The molecule has 0 fully saturated rings. The second-order valence-electron chi connectivity index (χ2n) is 4.11. The molecule has 0 aliphatic carbocycles. The summed E-state index contributed by atoms with van der Waals surface area (Å²) >= 11 is 0. The van der Waals surface area contributed by atoms with Gasteiger partial charge in [0.1, 0.15) is 17.5 Å². The first kappa shape index (κ1) is 14.7. The second kappa shape index (κ2) is 7.17. The Hall–Kier alpha value is -2.35. The predicted octanol–water partition coefficient (Wildman–Crippen LogP) is 2.56. The number of halogens is 1. The second-order valence-corrected chi connectivity index (χ2v) is 4.11. The molecular formula is C14H16FN3O. The molecule has 1 aromatic rings. The van der Waals surface area contributed by atoms with E-state index in [4.69, 9.17) is 5.26 Å². The van der Waals surface area contributed by atoms with Crippen molar-refractivity contribution >= 4 is 11.6 Å². The highest BCUT2D eigenvalue weighted by molar-refractivity contribution is 5.97. The molecule has 19 heavy (non-hydrogen) atoms. The Balaban J connectivity index is 2.72. The number of rotatable bonds is 5.